The minimum absolute atomic E-state index is 0.0205. The highest BCUT2D eigenvalue weighted by Crippen LogP contribution is 2.44. The molecule has 0 spiro atoms. The highest BCUT2D eigenvalue weighted by Gasteiger charge is 2.35. The zero-order valence-electron chi connectivity index (χ0n) is 36.6. The van der Waals surface area contributed by atoms with Crippen LogP contribution < -0.4 is 20.9 Å². The lowest BCUT2D eigenvalue weighted by Crippen LogP contribution is -2.52. The predicted octanol–water partition coefficient (Wildman–Crippen LogP) is 5.74. The van der Waals surface area contributed by atoms with E-state index >= 15 is 0 Å². The van der Waals surface area contributed by atoms with Crippen molar-refractivity contribution in [2.24, 2.45) is 7.05 Å². The molecule has 1 atom stereocenters. The van der Waals surface area contributed by atoms with E-state index in [0.717, 1.165) is 65.7 Å². The molecule has 4 aliphatic rings. The minimum atomic E-state index is -2.69. The first kappa shape index (κ1) is 43.5. The van der Waals surface area contributed by atoms with E-state index in [2.05, 4.69) is 35.6 Å². The van der Waals surface area contributed by atoms with Gasteiger partial charge in [-0.3, -0.25) is 43.6 Å². The molecular weight excluding hydrogens is 837 g/mol. The number of nitrogens with zero attached hydrogens (tertiary/aromatic N) is 8. The first-order valence-electron chi connectivity index (χ1n) is 22.5. The molecule has 65 heavy (non-hydrogen) atoms. The van der Waals surface area contributed by atoms with E-state index in [1.54, 1.807) is 55.4 Å². The smallest absolute Gasteiger partial charge is 0.264 e. The third-order valence-corrected chi connectivity index (χ3v) is 13.2. The monoisotopic (exact) mass is 889 g/mol. The number of halogens is 2. The van der Waals surface area contributed by atoms with Crippen LogP contribution in [0.5, 0.6) is 0 Å². The van der Waals surface area contributed by atoms with Crippen molar-refractivity contribution in [3.8, 4) is 11.1 Å². The van der Waals surface area contributed by atoms with Gasteiger partial charge in [-0.15, -0.1) is 0 Å². The summed E-state index contributed by atoms with van der Waals surface area (Å²) in [4.78, 5) is 73.4. The molecule has 340 valence electrons. The molecule has 5 amide bonds. The number of hydrogen-bond donors (Lipinski definition) is 3. The number of benzene rings is 2. The lowest BCUT2D eigenvalue weighted by molar-refractivity contribution is -0.135. The van der Waals surface area contributed by atoms with Gasteiger partial charge >= 0.3 is 0 Å². The molecule has 3 aromatic heterocycles. The summed E-state index contributed by atoms with van der Waals surface area (Å²) in [6.07, 6.45) is 8.16. The average Bonchev–Trinajstić information content (AvgIpc) is 3.92. The lowest BCUT2D eigenvalue weighted by atomic mass is 9.92. The van der Waals surface area contributed by atoms with Crippen LogP contribution in [0.3, 0.4) is 0 Å². The Bertz CT molecular complexity index is 2670. The second-order valence-electron chi connectivity index (χ2n) is 17.4. The number of fused-ring (bicyclic) bond motifs is 3. The Kier molecular flexibility index (Phi) is 12.3. The van der Waals surface area contributed by atoms with Crippen molar-refractivity contribution >= 4 is 57.6 Å². The van der Waals surface area contributed by atoms with Gasteiger partial charge in [0, 0.05) is 117 Å². The number of alkyl halides is 2. The van der Waals surface area contributed by atoms with Crippen molar-refractivity contribution in [2.75, 3.05) is 42.9 Å². The number of rotatable bonds is 12. The summed E-state index contributed by atoms with van der Waals surface area (Å²) in [5, 5.41) is 18.7. The van der Waals surface area contributed by atoms with Gasteiger partial charge in [0.2, 0.25) is 23.6 Å². The highest BCUT2D eigenvalue weighted by atomic mass is 19.3. The number of nitrogens with one attached hydrogen (secondary N) is 3. The van der Waals surface area contributed by atoms with Gasteiger partial charge in [0.25, 0.3) is 12.3 Å². The van der Waals surface area contributed by atoms with Crippen molar-refractivity contribution < 1.29 is 32.8 Å². The molecule has 2 saturated heterocycles. The van der Waals surface area contributed by atoms with E-state index in [0.29, 0.717) is 86.6 Å². The quantitative estimate of drug-likeness (QED) is 0.103. The van der Waals surface area contributed by atoms with Gasteiger partial charge in [0.1, 0.15) is 6.04 Å². The molecule has 18 heteroatoms. The molecule has 7 heterocycles. The fourth-order valence-corrected chi connectivity index (χ4v) is 9.80. The van der Waals surface area contributed by atoms with E-state index in [1.165, 1.54) is 0 Å². The third-order valence-electron chi connectivity index (χ3n) is 13.2. The summed E-state index contributed by atoms with van der Waals surface area (Å²) in [5.74, 6) is -0.521. The number of imide groups is 1. The number of aryl methyl sites for hydroxylation is 2. The van der Waals surface area contributed by atoms with E-state index in [-0.39, 0.29) is 42.2 Å². The van der Waals surface area contributed by atoms with Gasteiger partial charge < -0.3 is 25.3 Å². The second-order valence-corrected chi connectivity index (χ2v) is 17.4. The van der Waals surface area contributed by atoms with Gasteiger partial charge in [-0.25, -0.2) is 8.78 Å². The van der Waals surface area contributed by atoms with Crippen LogP contribution in [0.2, 0.25) is 0 Å². The Hall–Kier alpha value is -6.72. The maximum Gasteiger partial charge on any atom is 0.264 e. The molecule has 9 rings (SSSR count). The topological polar surface area (TPSA) is 180 Å². The summed E-state index contributed by atoms with van der Waals surface area (Å²) < 4.78 is 33.2. The fourth-order valence-electron chi connectivity index (χ4n) is 9.80. The number of aromatic nitrogens is 5. The zero-order chi connectivity index (χ0) is 45.4. The zero-order valence-corrected chi connectivity index (χ0v) is 36.6. The molecule has 3 N–H and O–H groups in total. The number of likely N-dealkylation sites (tertiary alicyclic amines) is 1. The molecule has 0 bridgehead atoms. The Morgan fingerprint density at radius 2 is 1.80 bits per heavy atom. The van der Waals surface area contributed by atoms with Crippen molar-refractivity contribution in [2.45, 2.75) is 96.2 Å². The van der Waals surface area contributed by atoms with Crippen LogP contribution in [0.25, 0.3) is 22.0 Å². The van der Waals surface area contributed by atoms with Gasteiger partial charge in [-0.2, -0.15) is 10.2 Å². The second kappa shape index (κ2) is 18.4. The number of piperidine rings is 2. The third kappa shape index (κ3) is 8.90. The number of pyridine rings is 1. The molecule has 0 saturated carbocycles. The predicted molar refractivity (Wildman–Crippen MR) is 239 cm³/mol. The van der Waals surface area contributed by atoms with Crippen molar-refractivity contribution in [3.05, 3.63) is 82.9 Å². The van der Waals surface area contributed by atoms with Crippen LogP contribution in [-0.2, 0) is 45.6 Å². The highest BCUT2D eigenvalue weighted by molar-refractivity contribution is 6.10. The molecule has 0 aliphatic carbocycles. The first-order chi connectivity index (χ1) is 31.4. The molecule has 2 fully saturated rings. The van der Waals surface area contributed by atoms with Crippen LogP contribution in [0.4, 0.5) is 26.0 Å². The number of hydrogen-bond acceptors (Lipinski definition) is 10. The average molecular weight is 890 g/mol. The SMILES string of the molecule is CC(=O)N1CCc2c(c(N3CCCc4cc(-c5cnn(C)c5)c(C(F)F)cc43)nn2C2CCN(C(=O)CCCCNc3ccc(C(=O)NC4CCC(=O)NC4=O)c4ncccc34)CC2)C1. The number of unbranched alkanes of at least 4 members (excludes halogenated alkanes) is 1. The van der Waals surface area contributed by atoms with Crippen molar-refractivity contribution in [1.82, 2.24) is 45.0 Å². The van der Waals surface area contributed by atoms with E-state index in [4.69, 9.17) is 5.10 Å². The van der Waals surface area contributed by atoms with Crippen LogP contribution in [0, 0.1) is 0 Å². The van der Waals surface area contributed by atoms with Gasteiger partial charge in [0.05, 0.1) is 29.9 Å². The summed E-state index contributed by atoms with van der Waals surface area (Å²) in [5.41, 5.74) is 6.41. The molecule has 1 unspecified atom stereocenters. The maximum atomic E-state index is 14.7. The normalized spacial score (nSPS) is 17.9. The first-order valence-corrected chi connectivity index (χ1v) is 22.5. The van der Waals surface area contributed by atoms with Crippen LogP contribution in [-0.4, -0.2) is 103 Å². The Morgan fingerprint density at radius 3 is 2.55 bits per heavy atom. The summed E-state index contributed by atoms with van der Waals surface area (Å²) >= 11 is 0. The molecular formula is C47H53F2N11O5. The number of amides is 5. The van der Waals surface area contributed by atoms with Crippen molar-refractivity contribution in [1.29, 1.82) is 0 Å². The van der Waals surface area contributed by atoms with Crippen LogP contribution in [0.1, 0.15) is 103 Å². The summed E-state index contributed by atoms with van der Waals surface area (Å²) in [6, 6.07) is 9.89. The molecule has 5 aromatic rings. The lowest BCUT2D eigenvalue weighted by Gasteiger charge is -2.34. The van der Waals surface area contributed by atoms with Crippen LogP contribution in [0.15, 0.2) is 55.0 Å². The standard InChI is InChI=1S/C47H53F2N11O5/c1-28(61)58-22-16-39-36(27-58)45(59-19-6-7-29-23-34(30-25-52-56(2)26-30)35(44(48)49)24-40(29)59)55-60(39)31-14-20-57(21-15-31)42(63)9-3-4-17-50-37-11-10-33(43-32(37)8-5-18-51-43)46(64)53-38-12-13-41(62)54-47(38)65/h5,8,10-11,18,23-26,31,38,44,50H,3-4,6-7,9,12-17,19-22,27H2,1-2H3,(H,53,64)(H,54,62,65). The molecule has 0 radical (unpaired) electrons. The molecule has 16 nitrogen and oxygen atoms in total. The van der Waals surface area contributed by atoms with Gasteiger partial charge in [-0.1, -0.05) is 0 Å². The Labute approximate surface area is 374 Å². The summed E-state index contributed by atoms with van der Waals surface area (Å²) in [6.45, 7) is 4.94. The van der Waals surface area contributed by atoms with Crippen molar-refractivity contribution in [3.63, 3.8) is 0 Å². The number of carbonyl (C=O) groups is 5. The van der Waals surface area contributed by atoms with E-state index < -0.39 is 24.3 Å². The van der Waals surface area contributed by atoms with Gasteiger partial charge in [0.15, 0.2) is 5.82 Å². The fraction of sp³-hybridized carbons (Fsp3) is 0.447. The Balaban J connectivity index is 0.827. The maximum absolute atomic E-state index is 14.7. The summed E-state index contributed by atoms with van der Waals surface area (Å²) in [7, 11) is 1.77. The van der Waals surface area contributed by atoms with Gasteiger partial charge in [-0.05, 0) is 92.5 Å². The van der Waals surface area contributed by atoms with E-state index in [9.17, 15) is 32.8 Å². The minimum Gasteiger partial charge on any atom is -0.384 e. The Morgan fingerprint density at radius 1 is 0.969 bits per heavy atom. The van der Waals surface area contributed by atoms with E-state index in [1.807, 2.05) is 28.0 Å². The van der Waals surface area contributed by atoms with Crippen LogP contribution >= 0.6 is 0 Å². The number of carbonyl (C=O) groups excluding carboxylic acids is 5. The number of anilines is 3. The molecule has 2 aromatic carbocycles. The molecule has 4 aliphatic heterocycles. The largest absolute Gasteiger partial charge is 0.384 e.